The first-order chi connectivity index (χ1) is 9.76. The van der Waals surface area contributed by atoms with E-state index in [1.54, 1.807) is 7.11 Å². The average molecular weight is 270 g/mol. The lowest BCUT2D eigenvalue weighted by Gasteiger charge is -2.17. The number of hydrogen-bond donors (Lipinski definition) is 1. The number of ether oxygens (including phenoxy) is 1. The molecule has 20 heavy (non-hydrogen) atoms. The number of aryl methyl sites for hydroxylation is 1. The molecule has 0 aliphatic heterocycles. The second kappa shape index (κ2) is 7.06. The van der Waals surface area contributed by atoms with Gasteiger partial charge in [0.1, 0.15) is 0 Å². The number of nitrogens with zero attached hydrogens (tertiary/aromatic N) is 1. The lowest BCUT2D eigenvalue weighted by Crippen LogP contribution is -2.18. The fourth-order valence-electron chi connectivity index (χ4n) is 2.26. The van der Waals surface area contributed by atoms with Crippen LogP contribution in [0.1, 0.15) is 29.7 Å². The van der Waals surface area contributed by atoms with E-state index in [1.807, 2.05) is 19.3 Å². The van der Waals surface area contributed by atoms with E-state index in [9.17, 15) is 0 Å². The average Bonchev–Trinajstić information content (AvgIpc) is 2.53. The van der Waals surface area contributed by atoms with Gasteiger partial charge in [0.2, 0.25) is 5.88 Å². The number of pyridine rings is 1. The molecular formula is C17H22N2O. The van der Waals surface area contributed by atoms with E-state index in [2.05, 4.69) is 47.6 Å². The van der Waals surface area contributed by atoms with Crippen LogP contribution >= 0.6 is 0 Å². The van der Waals surface area contributed by atoms with Crippen molar-refractivity contribution in [2.75, 3.05) is 14.2 Å². The fourth-order valence-corrected chi connectivity index (χ4v) is 2.26. The molecule has 1 unspecified atom stereocenters. The minimum Gasteiger partial charge on any atom is -0.481 e. The van der Waals surface area contributed by atoms with Crippen LogP contribution in [0.3, 0.4) is 0 Å². The Bertz CT molecular complexity index is 520. The Hall–Kier alpha value is -1.87. The SMILES string of the molecule is CCc1ccc(C(Cc2ccc(OC)nc2)NC)cc1. The summed E-state index contributed by atoms with van der Waals surface area (Å²) in [5.41, 5.74) is 3.87. The Morgan fingerprint density at radius 2 is 1.80 bits per heavy atom. The van der Waals surface area contributed by atoms with E-state index >= 15 is 0 Å². The van der Waals surface area contributed by atoms with Crippen LogP contribution in [0, 0.1) is 0 Å². The van der Waals surface area contributed by atoms with Crippen molar-refractivity contribution in [1.82, 2.24) is 10.3 Å². The molecule has 2 aromatic rings. The molecular weight excluding hydrogens is 248 g/mol. The summed E-state index contributed by atoms with van der Waals surface area (Å²) in [7, 11) is 3.63. The van der Waals surface area contributed by atoms with Gasteiger partial charge in [-0.05, 0) is 36.6 Å². The molecule has 2 rings (SSSR count). The van der Waals surface area contributed by atoms with Crippen LogP contribution in [0.5, 0.6) is 5.88 Å². The first kappa shape index (κ1) is 14.5. The molecule has 1 heterocycles. The Morgan fingerprint density at radius 1 is 1.10 bits per heavy atom. The molecule has 106 valence electrons. The molecule has 3 nitrogen and oxygen atoms in total. The minimum absolute atomic E-state index is 0.302. The zero-order chi connectivity index (χ0) is 14.4. The molecule has 0 spiro atoms. The smallest absolute Gasteiger partial charge is 0.212 e. The highest BCUT2D eigenvalue weighted by molar-refractivity contribution is 5.27. The van der Waals surface area contributed by atoms with E-state index in [0.29, 0.717) is 11.9 Å². The molecule has 0 amide bonds. The molecule has 1 N–H and O–H groups in total. The molecule has 0 bridgehead atoms. The molecule has 1 atom stereocenters. The summed E-state index contributed by atoms with van der Waals surface area (Å²) in [6.07, 6.45) is 3.87. The van der Waals surface area contributed by atoms with Crippen LogP contribution in [0.2, 0.25) is 0 Å². The minimum atomic E-state index is 0.302. The normalized spacial score (nSPS) is 12.2. The standard InChI is InChI=1S/C17H22N2O/c1-4-13-5-8-15(9-6-13)16(18-2)11-14-7-10-17(20-3)19-12-14/h5-10,12,16,18H,4,11H2,1-3H3. The highest BCUT2D eigenvalue weighted by Gasteiger charge is 2.10. The third kappa shape index (κ3) is 3.58. The van der Waals surface area contributed by atoms with Crippen LogP contribution < -0.4 is 10.1 Å². The van der Waals surface area contributed by atoms with Gasteiger partial charge >= 0.3 is 0 Å². The van der Waals surface area contributed by atoms with Crippen molar-refractivity contribution in [2.24, 2.45) is 0 Å². The zero-order valence-corrected chi connectivity index (χ0v) is 12.4. The Morgan fingerprint density at radius 3 is 2.30 bits per heavy atom. The summed E-state index contributed by atoms with van der Waals surface area (Å²) >= 11 is 0. The van der Waals surface area contributed by atoms with Crippen molar-refractivity contribution in [3.8, 4) is 5.88 Å². The molecule has 0 saturated heterocycles. The number of nitrogens with one attached hydrogen (secondary N) is 1. The van der Waals surface area contributed by atoms with Crippen LogP contribution in [0.15, 0.2) is 42.6 Å². The van der Waals surface area contributed by atoms with Gasteiger partial charge in [0.25, 0.3) is 0 Å². The highest BCUT2D eigenvalue weighted by atomic mass is 16.5. The van der Waals surface area contributed by atoms with Crippen molar-refractivity contribution in [1.29, 1.82) is 0 Å². The molecule has 0 fully saturated rings. The van der Waals surface area contributed by atoms with Gasteiger partial charge in [0.05, 0.1) is 7.11 Å². The van der Waals surface area contributed by atoms with Crippen LogP contribution in [0.25, 0.3) is 0 Å². The van der Waals surface area contributed by atoms with E-state index in [1.165, 1.54) is 16.7 Å². The van der Waals surface area contributed by atoms with Gasteiger partial charge in [-0.3, -0.25) is 0 Å². The number of benzene rings is 1. The largest absolute Gasteiger partial charge is 0.481 e. The van der Waals surface area contributed by atoms with E-state index in [0.717, 1.165) is 12.8 Å². The lowest BCUT2D eigenvalue weighted by atomic mass is 9.98. The van der Waals surface area contributed by atoms with Gasteiger partial charge in [-0.2, -0.15) is 0 Å². The van der Waals surface area contributed by atoms with E-state index in [4.69, 9.17) is 4.74 Å². The number of aromatic nitrogens is 1. The van der Waals surface area contributed by atoms with Crippen LogP contribution in [-0.2, 0) is 12.8 Å². The topological polar surface area (TPSA) is 34.1 Å². The molecule has 1 aromatic heterocycles. The summed E-state index contributed by atoms with van der Waals surface area (Å²) in [6, 6.07) is 13.1. The van der Waals surface area contributed by atoms with E-state index < -0.39 is 0 Å². The fraction of sp³-hybridized carbons (Fsp3) is 0.353. The number of methoxy groups -OCH3 is 1. The number of rotatable bonds is 6. The maximum absolute atomic E-state index is 5.08. The summed E-state index contributed by atoms with van der Waals surface area (Å²) in [5, 5.41) is 3.37. The van der Waals surface area contributed by atoms with Crippen molar-refractivity contribution >= 4 is 0 Å². The maximum atomic E-state index is 5.08. The molecule has 0 saturated carbocycles. The van der Waals surface area contributed by atoms with Crippen LogP contribution in [0.4, 0.5) is 0 Å². The first-order valence-electron chi connectivity index (χ1n) is 7.01. The van der Waals surface area contributed by atoms with Gasteiger partial charge in [-0.15, -0.1) is 0 Å². The maximum Gasteiger partial charge on any atom is 0.212 e. The zero-order valence-electron chi connectivity index (χ0n) is 12.4. The summed E-state index contributed by atoms with van der Waals surface area (Å²) in [5.74, 6) is 0.655. The summed E-state index contributed by atoms with van der Waals surface area (Å²) in [6.45, 7) is 2.17. The van der Waals surface area contributed by atoms with Gasteiger partial charge in [0.15, 0.2) is 0 Å². The molecule has 0 radical (unpaired) electrons. The van der Waals surface area contributed by atoms with Crippen molar-refractivity contribution in [3.05, 3.63) is 59.3 Å². The second-order valence-electron chi connectivity index (χ2n) is 4.85. The third-order valence-corrected chi connectivity index (χ3v) is 3.59. The summed E-state index contributed by atoms with van der Waals surface area (Å²) < 4.78 is 5.08. The molecule has 0 aliphatic carbocycles. The second-order valence-corrected chi connectivity index (χ2v) is 4.85. The lowest BCUT2D eigenvalue weighted by molar-refractivity contribution is 0.397. The molecule has 3 heteroatoms. The predicted molar refractivity (Wildman–Crippen MR) is 82.1 cm³/mol. The van der Waals surface area contributed by atoms with E-state index in [-0.39, 0.29) is 0 Å². The van der Waals surface area contributed by atoms with Gasteiger partial charge < -0.3 is 10.1 Å². The van der Waals surface area contributed by atoms with Gasteiger partial charge in [-0.25, -0.2) is 4.98 Å². The van der Waals surface area contributed by atoms with Crippen molar-refractivity contribution in [3.63, 3.8) is 0 Å². The Labute approximate surface area is 121 Å². The predicted octanol–water partition coefficient (Wildman–Crippen LogP) is 3.16. The van der Waals surface area contributed by atoms with Gasteiger partial charge in [0, 0.05) is 18.3 Å². The first-order valence-corrected chi connectivity index (χ1v) is 7.01. The molecule has 0 aliphatic rings. The quantitative estimate of drug-likeness (QED) is 0.875. The number of hydrogen-bond acceptors (Lipinski definition) is 3. The van der Waals surface area contributed by atoms with Crippen LogP contribution in [-0.4, -0.2) is 19.1 Å². The van der Waals surface area contributed by atoms with Gasteiger partial charge in [-0.1, -0.05) is 37.3 Å². The Balaban J connectivity index is 2.10. The molecule has 1 aromatic carbocycles. The van der Waals surface area contributed by atoms with Crippen molar-refractivity contribution in [2.45, 2.75) is 25.8 Å². The van der Waals surface area contributed by atoms with Crippen molar-refractivity contribution < 1.29 is 4.74 Å². The summed E-state index contributed by atoms with van der Waals surface area (Å²) in [4.78, 5) is 4.26. The highest BCUT2D eigenvalue weighted by Crippen LogP contribution is 2.19. The number of likely N-dealkylation sites (N-methyl/N-ethyl adjacent to an activating group) is 1. The monoisotopic (exact) mass is 270 g/mol. The Kier molecular flexibility index (Phi) is 5.13. The third-order valence-electron chi connectivity index (χ3n) is 3.59.